The van der Waals surface area contributed by atoms with E-state index in [1.54, 1.807) is 0 Å². The van der Waals surface area contributed by atoms with Gasteiger partial charge in [-0.3, -0.25) is 9.59 Å². The first kappa shape index (κ1) is 22.8. The van der Waals surface area contributed by atoms with Gasteiger partial charge in [-0.2, -0.15) is 0 Å². The number of fused-ring (bicyclic) bond motifs is 3. The first-order valence-corrected chi connectivity index (χ1v) is 13.1. The van der Waals surface area contributed by atoms with Crippen LogP contribution in [0.15, 0.2) is 0 Å². The van der Waals surface area contributed by atoms with E-state index in [9.17, 15) is 9.59 Å². The van der Waals surface area contributed by atoms with E-state index in [0.717, 1.165) is 44.9 Å². The Bertz CT molecular complexity index is 680. The van der Waals surface area contributed by atoms with Crippen LogP contribution in [-0.2, 0) is 19.1 Å². The highest BCUT2D eigenvalue weighted by Gasteiger charge is 2.68. The zero-order chi connectivity index (χ0) is 21.7. The second-order valence-electron chi connectivity index (χ2n) is 11.0. The number of methoxy groups -OCH3 is 1. The van der Waals surface area contributed by atoms with Gasteiger partial charge in [0.1, 0.15) is 5.60 Å². The maximum Gasteiger partial charge on any atom is 0.305 e. The Balaban J connectivity index is 1.64. The number of halogens is 1. The number of carbonyl (C=O) groups is 2. The summed E-state index contributed by atoms with van der Waals surface area (Å²) in [6.07, 6.45) is 10.4. The van der Waals surface area contributed by atoms with E-state index in [1.807, 2.05) is 0 Å². The summed E-state index contributed by atoms with van der Waals surface area (Å²) in [5, 5.41) is 0. The number of rotatable bonds is 4. The molecule has 170 valence electrons. The lowest BCUT2D eigenvalue weighted by Crippen LogP contribution is -2.67. The average Bonchev–Trinajstić information content (AvgIpc) is 3.08. The number of Topliss-reactive ketones (excluding diaryl/α,β-unsaturated/α-hetero) is 1. The van der Waals surface area contributed by atoms with E-state index >= 15 is 0 Å². The summed E-state index contributed by atoms with van der Waals surface area (Å²) in [5.74, 6) is 2.55. The van der Waals surface area contributed by atoms with Crippen LogP contribution in [0.1, 0.15) is 85.0 Å². The molecule has 4 aliphatic rings. The standard InChI is InChI=1S/C25H39BrO4/c1-15-7-9-20-19-11-10-18(16(2)8-12-21(27)29-4)24(19,3)22(26)23(28)25(20)13-5-6-17(14-15)30-25/h15-20,22H,5-14H2,1-4H3/t15-,16+,17+,18-,19+,20-,22+,24-,25-/m0/s1. The zero-order valence-electron chi connectivity index (χ0n) is 19.1. The van der Waals surface area contributed by atoms with Crippen molar-refractivity contribution < 1.29 is 19.1 Å². The number of hydrogen-bond donors (Lipinski definition) is 0. The van der Waals surface area contributed by atoms with E-state index in [0.29, 0.717) is 41.8 Å². The maximum absolute atomic E-state index is 14.0. The quantitative estimate of drug-likeness (QED) is 0.380. The Labute approximate surface area is 190 Å². The van der Waals surface area contributed by atoms with Crippen molar-refractivity contribution in [3.63, 3.8) is 0 Å². The van der Waals surface area contributed by atoms with Gasteiger partial charge in [-0.25, -0.2) is 0 Å². The molecular weight excluding hydrogens is 444 g/mol. The molecule has 0 aromatic rings. The van der Waals surface area contributed by atoms with E-state index in [4.69, 9.17) is 9.47 Å². The Hall–Kier alpha value is -0.420. The molecule has 2 aliphatic heterocycles. The third-order valence-electron chi connectivity index (χ3n) is 9.47. The van der Waals surface area contributed by atoms with E-state index < -0.39 is 5.60 Å². The van der Waals surface area contributed by atoms with Gasteiger partial charge in [0.25, 0.3) is 0 Å². The Kier molecular flexibility index (Phi) is 6.45. The Morgan fingerprint density at radius 1 is 1.23 bits per heavy atom. The molecule has 0 amide bonds. The van der Waals surface area contributed by atoms with Crippen molar-refractivity contribution in [2.75, 3.05) is 7.11 Å². The normalized spacial score (nSPS) is 46.9. The van der Waals surface area contributed by atoms with Crippen LogP contribution < -0.4 is 0 Å². The molecule has 2 saturated carbocycles. The van der Waals surface area contributed by atoms with Gasteiger partial charge in [-0.1, -0.05) is 43.1 Å². The molecule has 4 rings (SSSR count). The van der Waals surface area contributed by atoms with Crippen molar-refractivity contribution in [2.45, 2.75) is 102 Å². The summed E-state index contributed by atoms with van der Waals surface area (Å²) in [4.78, 5) is 25.6. The van der Waals surface area contributed by atoms with E-state index in [-0.39, 0.29) is 22.3 Å². The molecule has 0 radical (unpaired) electrons. The van der Waals surface area contributed by atoms with Crippen molar-refractivity contribution in [2.24, 2.45) is 35.0 Å². The highest BCUT2D eigenvalue weighted by atomic mass is 79.9. The van der Waals surface area contributed by atoms with Gasteiger partial charge in [-0.15, -0.1) is 0 Å². The van der Waals surface area contributed by atoms with Crippen molar-refractivity contribution >= 4 is 27.7 Å². The van der Waals surface area contributed by atoms with Crippen LogP contribution in [0.25, 0.3) is 0 Å². The first-order valence-electron chi connectivity index (χ1n) is 12.2. The fourth-order valence-electron chi connectivity index (χ4n) is 7.91. The van der Waals surface area contributed by atoms with Crippen LogP contribution >= 0.6 is 15.9 Å². The van der Waals surface area contributed by atoms with Crippen molar-refractivity contribution in [1.29, 1.82) is 0 Å². The summed E-state index contributed by atoms with van der Waals surface area (Å²) >= 11 is 3.94. The SMILES string of the molecule is COC(=O)CC[C@@H](C)[C@@H]1CC[C@@H]2[C@@H]3CC[C@H](C)C[C@H]4CCC[C@@]3(O4)C(=O)[C@@H](Br)[C@]21C. The summed E-state index contributed by atoms with van der Waals surface area (Å²) in [6, 6.07) is 0. The Morgan fingerprint density at radius 2 is 1.97 bits per heavy atom. The molecule has 2 bridgehead atoms. The molecule has 30 heavy (non-hydrogen) atoms. The number of carbonyl (C=O) groups excluding carboxylic acids is 2. The molecule has 0 N–H and O–H groups in total. The second kappa shape index (κ2) is 8.50. The monoisotopic (exact) mass is 482 g/mol. The molecule has 1 spiro atoms. The van der Waals surface area contributed by atoms with Crippen LogP contribution in [0.4, 0.5) is 0 Å². The fraction of sp³-hybridized carbons (Fsp3) is 0.920. The van der Waals surface area contributed by atoms with E-state index in [2.05, 4.69) is 36.7 Å². The molecular formula is C25H39BrO4. The topological polar surface area (TPSA) is 52.6 Å². The van der Waals surface area contributed by atoms with Crippen LogP contribution in [0.3, 0.4) is 0 Å². The van der Waals surface area contributed by atoms with Crippen LogP contribution in [0.2, 0.25) is 0 Å². The molecule has 0 aromatic heterocycles. The predicted molar refractivity (Wildman–Crippen MR) is 120 cm³/mol. The predicted octanol–water partition coefficient (Wildman–Crippen LogP) is 5.70. The van der Waals surface area contributed by atoms with E-state index in [1.165, 1.54) is 20.0 Å². The first-order chi connectivity index (χ1) is 14.2. The van der Waals surface area contributed by atoms with Crippen molar-refractivity contribution in [3.05, 3.63) is 0 Å². The van der Waals surface area contributed by atoms with Gasteiger partial charge in [0.15, 0.2) is 5.78 Å². The molecule has 4 fully saturated rings. The van der Waals surface area contributed by atoms with Gasteiger partial charge < -0.3 is 9.47 Å². The summed E-state index contributed by atoms with van der Waals surface area (Å²) < 4.78 is 11.6. The van der Waals surface area contributed by atoms with Gasteiger partial charge in [-0.05, 0) is 86.4 Å². The molecule has 9 atom stereocenters. The van der Waals surface area contributed by atoms with Crippen LogP contribution in [-0.4, -0.2) is 35.4 Å². The molecule has 4 nitrogen and oxygen atoms in total. The number of alkyl halides is 1. The van der Waals surface area contributed by atoms with Gasteiger partial charge in [0, 0.05) is 6.42 Å². The zero-order valence-corrected chi connectivity index (χ0v) is 20.7. The molecule has 2 aliphatic carbocycles. The average molecular weight is 483 g/mol. The third kappa shape index (κ3) is 3.50. The summed E-state index contributed by atoms with van der Waals surface area (Å²) in [6.45, 7) is 6.98. The molecule has 2 saturated heterocycles. The number of esters is 1. The minimum absolute atomic E-state index is 0.0682. The lowest BCUT2D eigenvalue weighted by atomic mass is 9.52. The van der Waals surface area contributed by atoms with Gasteiger partial charge in [0.2, 0.25) is 0 Å². The minimum atomic E-state index is -0.564. The van der Waals surface area contributed by atoms with Crippen LogP contribution in [0.5, 0.6) is 0 Å². The summed E-state index contributed by atoms with van der Waals surface area (Å²) in [5.41, 5.74) is -0.632. The fourth-order valence-corrected chi connectivity index (χ4v) is 8.98. The van der Waals surface area contributed by atoms with Crippen molar-refractivity contribution in [1.82, 2.24) is 0 Å². The van der Waals surface area contributed by atoms with Crippen LogP contribution in [0, 0.1) is 35.0 Å². The number of hydrogen-bond acceptors (Lipinski definition) is 4. The summed E-state index contributed by atoms with van der Waals surface area (Å²) in [7, 11) is 1.46. The largest absolute Gasteiger partial charge is 0.469 e. The molecule has 0 unspecified atom stereocenters. The number of ketones is 1. The highest BCUT2D eigenvalue weighted by molar-refractivity contribution is 9.10. The molecule has 2 heterocycles. The van der Waals surface area contributed by atoms with Gasteiger partial charge in [0.05, 0.1) is 18.0 Å². The Morgan fingerprint density at radius 3 is 2.70 bits per heavy atom. The minimum Gasteiger partial charge on any atom is -0.469 e. The third-order valence-corrected chi connectivity index (χ3v) is 10.9. The highest BCUT2D eigenvalue weighted by Crippen LogP contribution is 2.65. The maximum atomic E-state index is 14.0. The molecule has 5 heteroatoms. The second-order valence-corrected chi connectivity index (χ2v) is 11.9. The lowest BCUT2D eigenvalue weighted by Gasteiger charge is -2.59. The smallest absolute Gasteiger partial charge is 0.305 e. The lowest BCUT2D eigenvalue weighted by molar-refractivity contribution is -0.211. The molecule has 0 aromatic carbocycles. The van der Waals surface area contributed by atoms with Gasteiger partial charge >= 0.3 is 5.97 Å². The number of ether oxygens (including phenoxy) is 2. The van der Waals surface area contributed by atoms with Crippen molar-refractivity contribution in [3.8, 4) is 0 Å².